The predicted octanol–water partition coefficient (Wildman–Crippen LogP) is 4.19. The Bertz CT molecular complexity index is 605. The van der Waals surface area contributed by atoms with Crippen molar-refractivity contribution in [2.24, 2.45) is 0 Å². The van der Waals surface area contributed by atoms with Gasteiger partial charge in [0.25, 0.3) is 0 Å². The van der Waals surface area contributed by atoms with Crippen LogP contribution in [0.25, 0.3) is 5.57 Å². The van der Waals surface area contributed by atoms with E-state index >= 15 is 0 Å². The molecule has 3 nitrogen and oxygen atoms in total. The highest BCUT2D eigenvalue weighted by molar-refractivity contribution is 7.11. The summed E-state index contributed by atoms with van der Waals surface area (Å²) in [5.41, 5.74) is 1.50. The van der Waals surface area contributed by atoms with Crippen LogP contribution < -0.4 is 4.90 Å². The number of thiophene rings is 1. The van der Waals surface area contributed by atoms with Crippen molar-refractivity contribution in [3.05, 3.63) is 34.3 Å². The molecule has 0 unspecified atom stereocenters. The molecular formula is C15H19N3S2. The molecule has 0 amide bonds. The molecule has 0 saturated carbocycles. The molecule has 20 heavy (non-hydrogen) atoms. The molecular weight excluding hydrogens is 286 g/mol. The van der Waals surface area contributed by atoms with Crippen molar-refractivity contribution in [3.63, 3.8) is 0 Å². The summed E-state index contributed by atoms with van der Waals surface area (Å²) in [7, 11) is 0. The van der Waals surface area contributed by atoms with E-state index in [9.17, 15) is 0 Å². The first-order valence-corrected chi connectivity index (χ1v) is 8.51. The van der Waals surface area contributed by atoms with E-state index in [4.69, 9.17) is 4.98 Å². The summed E-state index contributed by atoms with van der Waals surface area (Å²) in [5.74, 6) is 0.950. The van der Waals surface area contributed by atoms with E-state index < -0.39 is 0 Å². The fourth-order valence-corrected chi connectivity index (χ4v) is 3.87. The maximum atomic E-state index is 4.70. The topological polar surface area (TPSA) is 29.0 Å². The number of aromatic nitrogens is 2. The molecule has 1 aliphatic rings. The first-order valence-electron chi connectivity index (χ1n) is 6.86. The highest BCUT2D eigenvalue weighted by Crippen LogP contribution is 2.30. The molecule has 0 bridgehead atoms. The van der Waals surface area contributed by atoms with Crippen molar-refractivity contribution in [1.82, 2.24) is 9.36 Å². The molecule has 106 valence electrons. The minimum Gasteiger partial charge on any atom is -0.343 e. The molecule has 2 aromatic rings. The molecule has 0 radical (unpaired) electrons. The minimum atomic E-state index is 0.0303. The molecule has 0 saturated heterocycles. The van der Waals surface area contributed by atoms with Gasteiger partial charge in [0.1, 0.15) is 5.82 Å². The zero-order valence-corrected chi connectivity index (χ0v) is 13.7. The van der Waals surface area contributed by atoms with E-state index in [0.29, 0.717) is 0 Å². The molecule has 5 heteroatoms. The second-order valence-corrected chi connectivity index (χ2v) is 7.73. The summed E-state index contributed by atoms with van der Waals surface area (Å²) in [4.78, 5) is 8.42. The van der Waals surface area contributed by atoms with Gasteiger partial charge in [0.05, 0.1) is 0 Å². The van der Waals surface area contributed by atoms with Crippen molar-refractivity contribution in [2.75, 3.05) is 18.0 Å². The Morgan fingerprint density at radius 2 is 2.15 bits per heavy atom. The third-order valence-corrected chi connectivity index (χ3v) is 5.13. The van der Waals surface area contributed by atoms with Crippen LogP contribution in [0.1, 0.15) is 37.9 Å². The molecule has 0 aliphatic carbocycles. The van der Waals surface area contributed by atoms with Gasteiger partial charge < -0.3 is 4.90 Å². The van der Waals surface area contributed by atoms with Gasteiger partial charge >= 0.3 is 0 Å². The minimum absolute atomic E-state index is 0.0303. The second kappa shape index (κ2) is 5.30. The van der Waals surface area contributed by atoms with Crippen LogP contribution in [-0.2, 0) is 5.41 Å². The monoisotopic (exact) mass is 305 g/mol. The summed E-state index contributed by atoms with van der Waals surface area (Å²) in [6.45, 7) is 8.44. The molecule has 3 heterocycles. The van der Waals surface area contributed by atoms with Gasteiger partial charge in [0.2, 0.25) is 5.13 Å². The normalized spacial score (nSPS) is 16.4. The number of hydrogen-bond donors (Lipinski definition) is 0. The molecule has 0 fully saturated rings. The average Bonchev–Trinajstić information content (AvgIpc) is 3.10. The Morgan fingerprint density at radius 1 is 1.30 bits per heavy atom. The lowest BCUT2D eigenvalue weighted by atomic mass is 9.96. The number of rotatable bonds is 2. The fourth-order valence-electron chi connectivity index (χ4n) is 2.18. The SMILES string of the molecule is CC(C)(C)c1nsc(N2CC=C(c3cccs3)CC2)n1. The largest absolute Gasteiger partial charge is 0.343 e. The van der Waals surface area contributed by atoms with Crippen LogP contribution >= 0.6 is 22.9 Å². The van der Waals surface area contributed by atoms with Crippen LogP contribution in [0, 0.1) is 0 Å². The molecule has 0 aromatic carbocycles. The summed E-state index contributed by atoms with van der Waals surface area (Å²) in [6, 6.07) is 4.32. The predicted molar refractivity (Wildman–Crippen MR) is 87.7 cm³/mol. The van der Waals surface area contributed by atoms with Crippen LogP contribution in [0.2, 0.25) is 0 Å². The van der Waals surface area contributed by atoms with Gasteiger partial charge in [-0.1, -0.05) is 32.9 Å². The van der Waals surface area contributed by atoms with Crippen molar-refractivity contribution in [3.8, 4) is 0 Å². The van der Waals surface area contributed by atoms with Gasteiger partial charge in [-0.15, -0.1) is 11.3 Å². The van der Waals surface area contributed by atoms with Crippen molar-refractivity contribution < 1.29 is 0 Å². The molecule has 1 aliphatic heterocycles. The highest BCUT2D eigenvalue weighted by Gasteiger charge is 2.22. The smallest absolute Gasteiger partial charge is 0.205 e. The molecule has 3 rings (SSSR count). The quantitative estimate of drug-likeness (QED) is 0.833. The van der Waals surface area contributed by atoms with E-state index in [1.165, 1.54) is 22.0 Å². The zero-order chi connectivity index (χ0) is 14.2. The summed E-state index contributed by atoms with van der Waals surface area (Å²) >= 11 is 3.34. The standard InChI is InChI=1S/C15H19N3S2/c1-15(2,3)13-16-14(20-17-13)18-8-6-11(7-9-18)12-5-4-10-19-12/h4-6,10H,7-9H2,1-3H3. The van der Waals surface area contributed by atoms with Crippen LogP contribution in [-0.4, -0.2) is 22.4 Å². The van der Waals surface area contributed by atoms with E-state index in [2.05, 4.69) is 53.6 Å². The number of nitrogens with zero attached hydrogens (tertiary/aromatic N) is 3. The second-order valence-electron chi connectivity index (χ2n) is 6.05. The van der Waals surface area contributed by atoms with Crippen LogP contribution in [0.3, 0.4) is 0 Å². The first-order chi connectivity index (χ1) is 9.54. The third kappa shape index (κ3) is 2.79. The lowest BCUT2D eigenvalue weighted by molar-refractivity contribution is 0.554. The van der Waals surface area contributed by atoms with E-state index in [1.54, 1.807) is 0 Å². The van der Waals surface area contributed by atoms with Crippen LogP contribution in [0.4, 0.5) is 5.13 Å². The maximum Gasteiger partial charge on any atom is 0.205 e. The fraction of sp³-hybridized carbons (Fsp3) is 0.467. The van der Waals surface area contributed by atoms with Crippen molar-refractivity contribution in [1.29, 1.82) is 0 Å². The lowest BCUT2D eigenvalue weighted by Gasteiger charge is -2.25. The third-order valence-electron chi connectivity index (χ3n) is 3.40. The summed E-state index contributed by atoms with van der Waals surface area (Å²) in [5, 5.41) is 3.19. The summed E-state index contributed by atoms with van der Waals surface area (Å²) in [6.07, 6.45) is 3.42. The van der Waals surface area contributed by atoms with Crippen LogP contribution in [0.5, 0.6) is 0 Å². The highest BCUT2D eigenvalue weighted by atomic mass is 32.1. The van der Waals surface area contributed by atoms with Gasteiger partial charge in [-0.05, 0) is 23.4 Å². The zero-order valence-electron chi connectivity index (χ0n) is 12.1. The Kier molecular flexibility index (Phi) is 3.65. The van der Waals surface area contributed by atoms with Gasteiger partial charge in [0, 0.05) is 34.9 Å². The summed E-state index contributed by atoms with van der Waals surface area (Å²) < 4.78 is 4.50. The number of anilines is 1. The molecule has 0 atom stereocenters. The Hall–Kier alpha value is -1.20. The maximum absolute atomic E-state index is 4.70. The van der Waals surface area contributed by atoms with Crippen molar-refractivity contribution >= 4 is 33.6 Å². The number of hydrogen-bond acceptors (Lipinski definition) is 5. The van der Waals surface area contributed by atoms with E-state index in [-0.39, 0.29) is 5.41 Å². The Balaban J connectivity index is 1.73. The van der Waals surface area contributed by atoms with Gasteiger partial charge in [-0.3, -0.25) is 0 Å². The van der Waals surface area contributed by atoms with Gasteiger partial charge in [-0.2, -0.15) is 4.37 Å². The van der Waals surface area contributed by atoms with Crippen molar-refractivity contribution in [2.45, 2.75) is 32.6 Å². The van der Waals surface area contributed by atoms with Gasteiger partial charge in [-0.25, -0.2) is 4.98 Å². The Labute approximate surface area is 128 Å². The average molecular weight is 305 g/mol. The first kappa shape index (κ1) is 13.8. The molecule has 0 spiro atoms. The van der Waals surface area contributed by atoms with Gasteiger partial charge in [0.15, 0.2) is 0 Å². The Morgan fingerprint density at radius 3 is 2.70 bits per heavy atom. The molecule has 0 N–H and O–H groups in total. The van der Waals surface area contributed by atoms with E-state index in [1.807, 2.05) is 11.3 Å². The van der Waals surface area contributed by atoms with E-state index in [0.717, 1.165) is 30.5 Å². The van der Waals surface area contributed by atoms with Crippen LogP contribution in [0.15, 0.2) is 23.6 Å². The molecule has 2 aromatic heterocycles. The lowest BCUT2D eigenvalue weighted by Crippen LogP contribution is -2.28.